The number of hydrogen-bond donors (Lipinski definition) is 1. The van der Waals surface area contributed by atoms with Gasteiger partial charge in [-0.2, -0.15) is 0 Å². The van der Waals surface area contributed by atoms with E-state index in [9.17, 15) is 9.18 Å². The lowest BCUT2D eigenvalue weighted by atomic mass is 10.1. The van der Waals surface area contributed by atoms with Crippen molar-refractivity contribution in [3.8, 4) is 11.3 Å². The average Bonchev–Trinajstić information content (AvgIpc) is 3.01. The fourth-order valence-electron chi connectivity index (χ4n) is 1.90. The summed E-state index contributed by atoms with van der Waals surface area (Å²) in [4.78, 5) is 12.1. The van der Waals surface area contributed by atoms with Crippen LogP contribution >= 0.6 is 15.9 Å². The first-order valence-electron chi connectivity index (χ1n) is 6.42. The van der Waals surface area contributed by atoms with E-state index in [1.54, 1.807) is 6.07 Å². The van der Waals surface area contributed by atoms with Crippen LogP contribution in [0.2, 0.25) is 0 Å². The number of carbonyl (C=O) groups excluding carboxylic acids is 1. The maximum absolute atomic E-state index is 13.7. The quantitative estimate of drug-likeness (QED) is 0.748. The van der Waals surface area contributed by atoms with Crippen molar-refractivity contribution in [3.63, 3.8) is 0 Å². The molecule has 0 aliphatic heterocycles. The Morgan fingerprint density at radius 2 is 1.91 bits per heavy atom. The van der Waals surface area contributed by atoms with Crippen molar-refractivity contribution >= 4 is 27.5 Å². The Bertz CT molecular complexity index is 818. The molecule has 0 saturated heterocycles. The summed E-state index contributed by atoms with van der Waals surface area (Å²) in [6.45, 7) is 0. The summed E-state index contributed by atoms with van der Waals surface area (Å²) in [5.74, 6) is -0.594. The van der Waals surface area contributed by atoms with Gasteiger partial charge in [0.25, 0.3) is 5.91 Å². The molecular formula is C16H10BrFN2O2. The molecule has 0 saturated carbocycles. The Kier molecular flexibility index (Phi) is 4.02. The summed E-state index contributed by atoms with van der Waals surface area (Å²) in [6, 6.07) is 15.2. The molecule has 0 bridgehead atoms. The van der Waals surface area contributed by atoms with Crippen molar-refractivity contribution in [3.05, 3.63) is 70.6 Å². The second kappa shape index (κ2) is 6.11. The second-order valence-corrected chi connectivity index (χ2v) is 5.44. The largest absolute Gasteiger partial charge is 0.355 e. The molecular weight excluding hydrogens is 351 g/mol. The fraction of sp³-hybridized carbons (Fsp3) is 0. The Morgan fingerprint density at radius 3 is 2.64 bits per heavy atom. The van der Waals surface area contributed by atoms with Gasteiger partial charge in [0, 0.05) is 16.1 Å². The molecule has 1 heterocycles. The van der Waals surface area contributed by atoms with E-state index >= 15 is 0 Å². The molecule has 4 nitrogen and oxygen atoms in total. The van der Waals surface area contributed by atoms with Gasteiger partial charge in [0.05, 0.1) is 5.69 Å². The zero-order valence-electron chi connectivity index (χ0n) is 11.2. The lowest BCUT2D eigenvalue weighted by Crippen LogP contribution is -2.13. The van der Waals surface area contributed by atoms with E-state index in [0.717, 1.165) is 5.56 Å². The summed E-state index contributed by atoms with van der Waals surface area (Å²) in [5, 5.41) is 6.18. The summed E-state index contributed by atoms with van der Waals surface area (Å²) in [7, 11) is 0. The molecule has 0 atom stereocenters. The van der Waals surface area contributed by atoms with Crippen LogP contribution in [0.3, 0.4) is 0 Å². The van der Waals surface area contributed by atoms with Crippen LogP contribution in [-0.4, -0.2) is 11.1 Å². The Hall–Kier alpha value is -2.47. The van der Waals surface area contributed by atoms with Crippen LogP contribution in [0.1, 0.15) is 10.5 Å². The van der Waals surface area contributed by atoms with Gasteiger partial charge in [0.15, 0.2) is 11.5 Å². The van der Waals surface area contributed by atoms with Crippen LogP contribution < -0.4 is 5.32 Å². The number of nitrogens with zero attached hydrogens (tertiary/aromatic N) is 1. The topological polar surface area (TPSA) is 55.1 Å². The number of halogens is 2. The first-order valence-corrected chi connectivity index (χ1v) is 7.21. The maximum Gasteiger partial charge on any atom is 0.277 e. The fourth-order valence-corrected chi connectivity index (χ4v) is 2.23. The highest BCUT2D eigenvalue weighted by Crippen LogP contribution is 2.22. The Balaban J connectivity index is 1.80. The normalized spacial score (nSPS) is 10.5. The van der Waals surface area contributed by atoms with Gasteiger partial charge >= 0.3 is 0 Å². The van der Waals surface area contributed by atoms with E-state index in [0.29, 0.717) is 10.2 Å². The van der Waals surface area contributed by atoms with Crippen molar-refractivity contribution in [1.29, 1.82) is 0 Å². The third-order valence-corrected chi connectivity index (χ3v) is 3.47. The monoisotopic (exact) mass is 360 g/mol. The van der Waals surface area contributed by atoms with Crippen LogP contribution in [0.5, 0.6) is 0 Å². The minimum absolute atomic E-state index is 0.0810. The van der Waals surface area contributed by atoms with Crippen LogP contribution in [0, 0.1) is 5.82 Å². The highest BCUT2D eigenvalue weighted by Gasteiger charge is 2.15. The number of hydrogen-bond acceptors (Lipinski definition) is 3. The molecule has 110 valence electrons. The molecule has 0 aliphatic rings. The van der Waals surface area contributed by atoms with E-state index in [1.165, 1.54) is 18.2 Å². The number of carbonyl (C=O) groups is 1. The van der Waals surface area contributed by atoms with Crippen LogP contribution in [0.4, 0.5) is 10.1 Å². The number of benzene rings is 2. The van der Waals surface area contributed by atoms with Gasteiger partial charge in [-0.1, -0.05) is 51.4 Å². The smallest absolute Gasteiger partial charge is 0.277 e. The SMILES string of the molecule is O=C(Nc1ccc(Br)cc1F)c1cc(-c2ccccc2)on1. The molecule has 0 fully saturated rings. The van der Waals surface area contributed by atoms with Gasteiger partial charge in [0.1, 0.15) is 5.82 Å². The van der Waals surface area contributed by atoms with Crippen molar-refractivity contribution < 1.29 is 13.7 Å². The van der Waals surface area contributed by atoms with Gasteiger partial charge in [-0.15, -0.1) is 0 Å². The molecule has 3 aromatic rings. The molecule has 0 radical (unpaired) electrons. The zero-order valence-corrected chi connectivity index (χ0v) is 12.8. The van der Waals surface area contributed by atoms with E-state index in [4.69, 9.17) is 4.52 Å². The summed E-state index contributed by atoms with van der Waals surface area (Å²) >= 11 is 3.16. The van der Waals surface area contributed by atoms with Crippen molar-refractivity contribution in [2.24, 2.45) is 0 Å². The highest BCUT2D eigenvalue weighted by atomic mass is 79.9. The standard InChI is InChI=1S/C16H10BrFN2O2/c17-11-6-7-13(12(18)8-11)19-16(21)14-9-15(22-20-14)10-4-2-1-3-5-10/h1-9H,(H,19,21). The number of amides is 1. The van der Waals surface area contributed by atoms with E-state index in [2.05, 4.69) is 26.4 Å². The summed E-state index contributed by atoms with van der Waals surface area (Å²) in [6.07, 6.45) is 0. The highest BCUT2D eigenvalue weighted by molar-refractivity contribution is 9.10. The summed E-state index contributed by atoms with van der Waals surface area (Å²) < 4.78 is 19.4. The molecule has 1 amide bonds. The van der Waals surface area contributed by atoms with Crippen molar-refractivity contribution in [1.82, 2.24) is 5.16 Å². The van der Waals surface area contributed by atoms with Gasteiger partial charge in [-0.05, 0) is 18.2 Å². The Morgan fingerprint density at radius 1 is 1.14 bits per heavy atom. The molecule has 0 spiro atoms. The van der Waals surface area contributed by atoms with Crippen molar-refractivity contribution in [2.75, 3.05) is 5.32 Å². The van der Waals surface area contributed by atoms with E-state index < -0.39 is 11.7 Å². The van der Waals surface area contributed by atoms with Crippen LogP contribution in [0.15, 0.2) is 63.6 Å². The van der Waals surface area contributed by atoms with Gasteiger partial charge in [0.2, 0.25) is 0 Å². The van der Waals surface area contributed by atoms with Gasteiger partial charge < -0.3 is 9.84 Å². The number of nitrogens with one attached hydrogen (secondary N) is 1. The molecule has 2 aromatic carbocycles. The molecule has 3 rings (SSSR count). The van der Waals surface area contributed by atoms with Crippen molar-refractivity contribution in [2.45, 2.75) is 0 Å². The maximum atomic E-state index is 13.7. The van der Waals surface area contributed by atoms with Crippen LogP contribution in [-0.2, 0) is 0 Å². The minimum atomic E-state index is -0.535. The van der Waals surface area contributed by atoms with Gasteiger partial charge in [-0.25, -0.2) is 4.39 Å². The number of anilines is 1. The molecule has 1 N–H and O–H groups in total. The number of rotatable bonds is 3. The lowest BCUT2D eigenvalue weighted by Gasteiger charge is -2.04. The number of aromatic nitrogens is 1. The minimum Gasteiger partial charge on any atom is -0.355 e. The van der Waals surface area contributed by atoms with Crippen LogP contribution in [0.25, 0.3) is 11.3 Å². The molecule has 6 heteroatoms. The van der Waals surface area contributed by atoms with E-state index in [-0.39, 0.29) is 11.4 Å². The summed E-state index contributed by atoms with van der Waals surface area (Å²) in [5.41, 5.74) is 0.975. The predicted molar refractivity (Wildman–Crippen MR) is 84.0 cm³/mol. The molecule has 1 aromatic heterocycles. The predicted octanol–water partition coefficient (Wildman–Crippen LogP) is 4.50. The third kappa shape index (κ3) is 3.07. The zero-order chi connectivity index (χ0) is 15.5. The van der Waals surface area contributed by atoms with E-state index in [1.807, 2.05) is 30.3 Å². The molecule has 22 heavy (non-hydrogen) atoms. The Labute approximate surface area is 134 Å². The molecule has 0 aliphatic carbocycles. The first kappa shape index (κ1) is 14.5. The first-order chi connectivity index (χ1) is 10.6. The average molecular weight is 361 g/mol. The second-order valence-electron chi connectivity index (χ2n) is 4.52. The third-order valence-electron chi connectivity index (χ3n) is 2.98. The molecule has 0 unspecified atom stereocenters. The lowest BCUT2D eigenvalue weighted by molar-refractivity contribution is 0.101. The van der Waals surface area contributed by atoms with Gasteiger partial charge in [-0.3, -0.25) is 4.79 Å².